The van der Waals surface area contributed by atoms with Crippen LogP contribution in [-0.4, -0.2) is 32.1 Å². The van der Waals surface area contributed by atoms with Gasteiger partial charge in [0.15, 0.2) is 5.96 Å². The predicted octanol–water partition coefficient (Wildman–Crippen LogP) is 3.15. The van der Waals surface area contributed by atoms with Crippen LogP contribution in [0.1, 0.15) is 12.5 Å². The van der Waals surface area contributed by atoms with E-state index in [1.807, 2.05) is 31.2 Å². The monoisotopic (exact) mass is 486 g/mol. The Morgan fingerprint density at radius 2 is 1.81 bits per heavy atom. The number of halogens is 2. The number of hydrogen-bond donors (Lipinski definition) is 3. The Bertz CT molecular complexity index is 754. The maximum atomic E-state index is 12.9. The van der Waals surface area contributed by atoms with Crippen LogP contribution in [0.4, 0.5) is 10.1 Å². The van der Waals surface area contributed by atoms with Crippen LogP contribution in [-0.2, 0) is 11.3 Å². The number of ether oxygens (including phenoxy) is 1. The first kappa shape index (κ1) is 22.7. The van der Waals surface area contributed by atoms with Crippen LogP contribution >= 0.6 is 24.0 Å². The average Bonchev–Trinajstić information content (AvgIpc) is 2.66. The van der Waals surface area contributed by atoms with E-state index in [1.54, 1.807) is 7.11 Å². The second-order valence-electron chi connectivity index (χ2n) is 5.42. The third kappa shape index (κ3) is 7.81. The lowest BCUT2D eigenvalue weighted by Gasteiger charge is -2.12. The van der Waals surface area contributed by atoms with Gasteiger partial charge in [0.05, 0.1) is 20.2 Å². The van der Waals surface area contributed by atoms with Crippen LogP contribution in [0.2, 0.25) is 0 Å². The molecule has 2 aromatic rings. The van der Waals surface area contributed by atoms with E-state index in [2.05, 4.69) is 20.9 Å². The van der Waals surface area contributed by atoms with Crippen LogP contribution in [0.3, 0.4) is 0 Å². The van der Waals surface area contributed by atoms with Crippen molar-refractivity contribution in [2.45, 2.75) is 13.5 Å². The summed E-state index contributed by atoms with van der Waals surface area (Å²) < 4.78 is 18.2. The molecule has 27 heavy (non-hydrogen) atoms. The number of para-hydroxylation sites is 1. The fraction of sp³-hybridized carbons (Fsp3) is 0.263. The molecule has 0 heterocycles. The van der Waals surface area contributed by atoms with E-state index in [1.165, 1.54) is 24.3 Å². The normalized spacial score (nSPS) is 10.6. The van der Waals surface area contributed by atoms with Gasteiger partial charge in [0.1, 0.15) is 11.6 Å². The van der Waals surface area contributed by atoms with Gasteiger partial charge in [-0.05, 0) is 37.3 Å². The van der Waals surface area contributed by atoms with Gasteiger partial charge in [-0.15, -0.1) is 24.0 Å². The van der Waals surface area contributed by atoms with E-state index in [0.29, 0.717) is 24.7 Å². The molecule has 0 saturated carbocycles. The summed E-state index contributed by atoms with van der Waals surface area (Å²) in [5.74, 6) is 0.687. The summed E-state index contributed by atoms with van der Waals surface area (Å²) in [6, 6.07) is 13.2. The van der Waals surface area contributed by atoms with E-state index >= 15 is 0 Å². The Morgan fingerprint density at radius 1 is 1.11 bits per heavy atom. The molecule has 0 aromatic heterocycles. The van der Waals surface area contributed by atoms with Crippen LogP contribution in [0.15, 0.2) is 53.5 Å². The summed E-state index contributed by atoms with van der Waals surface area (Å²) in [5, 5.41) is 8.75. The largest absolute Gasteiger partial charge is 0.496 e. The summed E-state index contributed by atoms with van der Waals surface area (Å²) in [6.45, 7) is 3.06. The zero-order valence-electron chi connectivity index (χ0n) is 15.3. The molecule has 1 amide bonds. The fourth-order valence-corrected chi connectivity index (χ4v) is 2.24. The van der Waals surface area contributed by atoms with Crippen molar-refractivity contribution in [1.82, 2.24) is 10.6 Å². The summed E-state index contributed by atoms with van der Waals surface area (Å²) in [4.78, 5) is 16.5. The van der Waals surface area contributed by atoms with Gasteiger partial charge in [-0.3, -0.25) is 4.79 Å². The van der Waals surface area contributed by atoms with Gasteiger partial charge in [0.25, 0.3) is 0 Å². The molecule has 0 aliphatic rings. The van der Waals surface area contributed by atoms with Gasteiger partial charge in [-0.2, -0.15) is 0 Å². The van der Waals surface area contributed by atoms with Gasteiger partial charge in [-0.25, -0.2) is 9.38 Å². The molecule has 3 N–H and O–H groups in total. The number of guanidine groups is 1. The lowest BCUT2D eigenvalue weighted by Crippen LogP contribution is -2.41. The maximum absolute atomic E-state index is 12.9. The number of hydrogen-bond acceptors (Lipinski definition) is 3. The minimum atomic E-state index is -0.348. The predicted molar refractivity (Wildman–Crippen MR) is 116 cm³/mol. The first-order chi connectivity index (χ1) is 12.6. The number of anilines is 1. The zero-order chi connectivity index (χ0) is 18.8. The number of carbonyl (C=O) groups is 1. The Hall–Kier alpha value is -2.36. The number of aliphatic imine (C=N–C) groups is 1. The minimum absolute atomic E-state index is 0. The number of carbonyl (C=O) groups excluding carboxylic acids is 1. The van der Waals surface area contributed by atoms with E-state index in [0.717, 1.165) is 11.3 Å². The molecule has 146 valence electrons. The molecule has 0 aliphatic heterocycles. The molecule has 0 radical (unpaired) electrons. The number of nitrogens with zero attached hydrogens (tertiary/aromatic N) is 1. The third-order valence-corrected chi connectivity index (χ3v) is 3.49. The standard InChI is InChI=1S/C19H23FN4O2.HI/c1-3-21-19(22-12-14-6-4-5-7-17(14)26-2)23-13-18(25)24-16-10-8-15(20)9-11-16;/h4-11H,3,12-13H2,1-2H3,(H,24,25)(H2,21,22,23);1H. The highest BCUT2D eigenvalue weighted by Crippen LogP contribution is 2.17. The molecule has 0 saturated heterocycles. The molecule has 0 atom stereocenters. The lowest BCUT2D eigenvalue weighted by atomic mass is 10.2. The van der Waals surface area contributed by atoms with Gasteiger partial charge in [0, 0.05) is 17.8 Å². The highest BCUT2D eigenvalue weighted by Gasteiger charge is 2.06. The SMILES string of the molecule is CCNC(=NCc1ccccc1OC)NCC(=O)Nc1ccc(F)cc1.I. The van der Waals surface area contributed by atoms with E-state index < -0.39 is 0 Å². The molecule has 0 bridgehead atoms. The van der Waals surface area contributed by atoms with Crippen LogP contribution in [0.25, 0.3) is 0 Å². The molecule has 2 aromatic carbocycles. The topological polar surface area (TPSA) is 74.8 Å². The lowest BCUT2D eigenvalue weighted by molar-refractivity contribution is -0.115. The molecular formula is C19H24FIN4O2. The highest BCUT2D eigenvalue weighted by atomic mass is 127. The van der Waals surface area contributed by atoms with Gasteiger partial charge >= 0.3 is 0 Å². The van der Waals surface area contributed by atoms with E-state index in [4.69, 9.17) is 4.74 Å². The Balaban J connectivity index is 0.00000364. The van der Waals surface area contributed by atoms with Gasteiger partial charge in [-0.1, -0.05) is 18.2 Å². The smallest absolute Gasteiger partial charge is 0.243 e. The van der Waals surface area contributed by atoms with Crippen molar-refractivity contribution in [2.75, 3.05) is 25.5 Å². The number of nitrogens with one attached hydrogen (secondary N) is 3. The second kappa shape index (κ2) is 12.1. The van der Waals surface area contributed by atoms with E-state index in [-0.39, 0.29) is 42.2 Å². The van der Waals surface area contributed by atoms with Crippen LogP contribution < -0.4 is 20.7 Å². The molecule has 2 rings (SSSR count). The van der Waals surface area contributed by atoms with Gasteiger partial charge in [0.2, 0.25) is 5.91 Å². The molecular weight excluding hydrogens is 462 g/mol. The first-order valence-electron chi connectivity index (χ1n) is 8.32. The van der Waals surface area contributed by atoms with Crippen molar-refractivity contribution in [1.29, 1.82) is 0 Å². The Morgan fingerprint density at radius 3 is 2.48 bits per heavy atom. The minimum Gasteiger partial charge on any atom is -0.496 e. The fourth-order valence-electron chi connectivity index (χ4n) is 2.24. The third-order valence-electron chi connectivity index (χ3n) is 3.49. The molecule has 0 spiro atoms. The van der Waals surface area contributed by atoms with Crippen molar-refractivity contribution in [3.63, 3.8) is 0 Å². The Labute approximate surface area is 175 Å². The number of amides is 1. The number of methoxy groups -OCH3 is 1. The highest BCUT2D eigenvalue weighted by molar-refractivity contribution is 14.0. The summed E-state index contributed by atoms with van der Waals surface area (Å²) in [6.07, 6.45) is 0. The van der Waals surface area contributed by atoms with Crippen LogP contribution in [0.5, 0.6) is 5.75 Å². The van der Waals surface area contributed by atoms with Crippen molar-refractivity contribution in [3.05, 3.63) is 59.9 Å². The average molecular weight is 486 g/mol. The molecule has 0 unspecified atom stereocenters. The molecule has 0 fully saturated rings. The zero-order valence-corrected chi connectivity index (χ0v) is 17.6. The maximum Gasteiger partial charge on any atom is 0.243 e. The van der Waals surface area contributed by atoms with Crippen molar-refractivity contribution < 1.29 is 13.9 Å². The van der Waals surface area contributed by atoms with Crippen molar-refractivity contribution >= 4 is 41.5 Å². The molecule has 8 heteroatoms. The van der Waals surface area contributed by atoms with Gasteiger partial charge < -0.3 is 20.7 Å². The Kier molecular flexibility index (Phi) is 10.2. The summed E-state index contributed by atoms with van der Waals surface area (Å²) in [5.41, 5.74) is 1.48. The summed E-state index contributed by atoms with van der Waals surface area (Å²) >= 11 is 0. The van der Waals surface area contributed by atoms with Crippen LogP contribution in [0, 0.1) is 5.82 Å². The second-order valence-corrected chi connectivity index (χ2v) is 5.42. The first-order valence-corrected chi connectivity index (χ1v) is 8.32. The van der Waals surface area contributed by atoms with Crippen molar-refractivity contribution in [3.8, 4) is 5.75 Å². The quantitative estimate of drug-likeness (QED) is 0.320. The van der Waals surface area contributed by atoms with E-state index in [9.17, 15) is 9.18 Å². The number of benzene rings is 2. The molecule has 0 aliphatic carbocycles. The number of rotatable bonds is 7. The summed E-state index contributed by atoms with van der Waals surface area (Å²) in [7, 11) is 1.62. The van der Waals surface area contributed by atoms with Crippen molar-refractivity contribution in [2.24, 2.45) is 4.99 Å². The molecule has 6 nitrogen and oxygen atoms in total.